The number of hydrogen-bond acceptors (Lipinski definition) is 3. The lowest BCUT2D eigenvalue weighted by Gasteiger charge is -2.12. The molecule has 0 saturated heterocycles. The molecule has 6 heteroatoms. The van der Waals surface area contributed by atoms with Crippen LogP contribution in [0.25, 0.3) is 0 Å². The molecule has 106 valence electrons. The van der Waals surface area contributed by atoms with Crippen molar-refractivity contribution in [3.05, 3.63) is 51.8 Å². The van der Waals surface area contributed by atoms with Crippen molar-refractivity contribution in [3.63, 3.8) is 0 Å². The summed E-state index contributed by atoms with van der Waals surface area (Å²) in [4.78, 5) is 0. The number of methoxy groups -OCH3 is 1. The van der Waals surface area contributed by atoms with Crippen molar-refractivity contribution < 1.29 is 14.2 Å². The third-order valence-electron chi connectivity index (χ3n) is 2.75. The van der Waals surface area contributed by atoms with Crippen LogP contribution in [0.15, 0.2) is 30.3 Å². The summed E-state index contributed by atoms with van der Waals surface area (Å²) in [5, 5.41) is 13.1. The fourth-order valence-corrected chi connectivity index (χ4v) is 2.32. The Balaban J connectivity index is 2.21. The molecule has 0 amide bonds. The first-order chi connectivity index (χ1) is 9.51. The van der Waals surface area contributed by atoms with Crippen molar-refractivity contribution in [2.24, 2.45) is 0 Å². The maximum Gasteiger partial charge on any atom is 0.126 e. The van der Waals surface area contributed by atoms with Crippen LogP contribution in [0.1, 0.15) is 5.56 Å². The molecule has 0 unspecified atom stereocenters. The minimum atomic E-state index is -0.505. The van der Waals surface area contributed by atoms with Gasteiger partial charge in [-0.05, 0) is 30.3 Å². The van der Waals surface area contributed by atoms with E-state index in [4.69, 9.17) is 27.9 Å². The number of anilines is 1. The van der Waals surface area contributed by atoms with E-state index in [9.17, 15) is 9.50 Å². The third-order valence-corrected chi connectivity index (χ3v) is 3.35. The average molecular weight is 316 g/mol. The van der Waals surface area contributed by atoms with E-state index < -0.39 is 5.82 Å². The smallest absolute Gasteiger partial charge is 0.126 e. The van der Waals surface area contributed by atoms with E-state index in [1.54, 1.807) is 12.1 Å². The van der Waals surface area contributed by atoms with E-state index in [0.29, 0.717) is 17.0 Å². The molecule has 20 heavy (non-hydrogen) atoms. The molecule has 0 saturated carbocycles. The van der Waals surface area contributed by atoms with Gasteiger partial charge in [0.15, 0.2) is 0 Å². The van der Waals surface area contributed by atoms with Crippen molar-refractivity contribution in [3.8, 4) is 11.5 Å². The Morgan fingerprint density at radius 3 is 2.45 bits per heavy atom. The van der Waals surface area contributed by atoms with Crippen molar-refractivity contribution in [1.82, 2.24) is 0 Å². The highest BCUT2D eigenvalue weighted by molar-refractivity contribution is 6.39. The Morgan fingerprint density at radius 2 is 1.85 bits per heavy atom. The molecule has 2 N–H and O–H groups in total. The molecule has 0 aliphatic carbocycles. The van der Waals surface area contributed by atoms with Gasteiger partial charge in [0, 0.05) is 12.1 Å². The Labute approximate surface area is 125 Å². The molecule has 0 radical (unpaired) electrons. The van der Waals surface area contributed by atoms with Crippen LogP contribution in [0.2, 0.25) is 10.0 Å². The minimum Gasteiger partial charge on any atom is -0.508 e. The lowest BCUT2D eigenvalue weighted by molar-refractivity contribution is 0.411. The van der Waals surface area contributed by atoms with E-state index in [0.717, 1.165) is 0 Å². The molecule has 0 atom stereocenters. The number of ether oxygens (including phenoxy) is 1. The largest absolute Gasteiger partial charge is 0.508 e. The highest BCUT2D eigenvalue weighted by Gasteiger charge is 2.10. The number of rotatable bonds is 4. The van der Waals surface area contributed by atoms with Gasteiger partial charge in [-0.1, -0.05) is 23.2 Å². The summed E-state index contributed by atoms with van der Waals surface area (Å²) >= 11 is 11.9. The maximum absolute atomic E-state index is 13.1. The molecule has 0 aliphatic heterocycles. The monoisotopic (exact) mass is 315 g/mol. The van der Waals surface area contributed by atoms with Crippen LogP contribution in [-0.2, 0) is 6.54 Å². The molecular formula is C14H12Cl2FNO2. The van der Waals surface area contributed by atoms with Gasteiger partial charge in [-0.25, -0.2) is 4.39 Å². The summed E-state index contributed by atoms with van der Waals surface area (Å²) in [6, 6.07) is 7.20. The van der Waals surface area contributed by atoms with Crippen LogP contribution in [0.3, 0.4) is 0 Å². The lowest BCUT2D eigenvalue weighted by atomic mass is 10.2. The second-order valence-electron chi connectivity index (χ2n) is 4.09. The van der Waals surface area contributed by atoms with Crippen LogP contribution >= 0.6 is 23.2 Å². The summed E-state index contributed by atoms with van der Waals surface area (Å²) in [7, 11) is 1.54. The van der Waals surface area contributed by atoms with Gasteiger partial charge in [-0.3, -0.25) is 0 Å². The normalized spacial score (nSPS) is 10.4. The topological polar surface area (TPSA) is 41.5 Å². The van der Waals surface area contributed by atoms with Crippen LogP contribution < -0.4 is 10.1 Å². The molecule has 0 aromatic heterocycles. The van der Waals surface area contributed by atoms with Crippen LogP contribution in [-0.4, -0.2) is 12.2 Å². The Hall–Kier alpha value is -1.65. The Morgan fingerprint density at radius 1 is 1.20 bits per heavy atom. The number of hydrogen-bond donors (Lipinski definition) is 2. The summed E-state index contributed by atoms with van der Waals surface area (Å²) < 4.78 is 18.2. The SMILES string of the molecule is COc1ccc(O)c(CNc2c(Cl)cc(F)cc2Cl)c1. The Kier molecular flexibility index (Phi) is 4.57. The van der Waals surface area contributed by atoms with Gasteiger partial charge in [0.25, 0.3) is 0 Å². The van der Waals surface area contributed by atoms with Crippen molar-refractivity contribution in [2.75, 3.05) is 12.4 Å². The third kappa shape index (κ3) is 3.26. The first-order valence-electron chi connectivity index (χ1n) is 5.75. The van der Waals surface area contributed by atoms with E-state index >= 15 is 0 Å². The van der Waals surface area contributed by atoms with E-state index in [-0.39, 0.29) is 22.3 Å². The summed E-state index contributed by atoms with van der Waals surface area (Å²) in [5.74, 6) is 0.235. The predicted molar refractivity (Wildman–Crippen MR) is 78.4 cm³/mol. The highest BCUT2D eigenvalue weighted by Crippen LogP contribution is 2.32. The zero-order valence-corrected chi connectivity index (χ0v) is 12.1. The number of aromatic hydroxyl groups is 1. The van der Waals surface area contributed by atoms with Gasteiger partial charge < -0.3 is 15.2 Å². The maximum atomic E-state index is 13.1. The van der Waals surface area contributed by atoms with Gasteiger partial charge >= 0.3 is 0 Å². The second-order valence-corrected chi connectivity index (χ2v) is 4.91. The standard InChI is InChI=1S/C14H12Cl2FNO2/c1-20-10-2-3-13(19)8(4-10)7-18-14-11(15)5-9(17)6-12(14)16/h2-6,18-19H,7H2,1H3. The minimum absolute atomic E-state index is 0.118. The first kappa shape index (κ1) is 14.8. The van der Waals surface area contributed by atoms with Crippen molar-refractivity contribution >= 4 is 28.9 Å². The quantitative estimate of drug-likeness (QED) is 0.875. The average Bonchev–Trinajstić information content (AvgIpc) is 2.39. The van der Waals surface area contributed by atoms with Gasteiger partial charge in [0.05, 0.1) is 22.8 Å². The van der Waals surface area contributed by atoms with E-state index in [2.05, 4.69) is 5.32 Å². The molecule has 0 spiro atoms. The first-order valence-corrected chi connectivity index (χ1v) is 6.51. The molecular weight excluding hydrogens is 304 g/mol. The summed E-state index contributed by atoms with van der Waals surface area (Å²) in [6.45, 7) is 0.272. The van der Waals surface area contributed by atoms with Crippen LogP contribution in [0.4, 0.5) is 10.1 Å². The zero-order chi connectivity index (χ0) is 14.7. The fraction of sp³-hybridized carbons (Fsp3) is 0.143. The molecule has 2 rings (SSSR count). The van der Waals surface area contributed by atoms with Gasteiger partial charge in [-0.15, -0.1) is 0 Å². The molecule has 3 nitrogen and oxygen atoms in total. The molecule has 0 aliphatic rings. The summed E-state index contributed by atoms with van der Waals surface area (Å²) in [6.07, 6.45) is 0. The van der Waals surface area contributed by atoms with E-state index in [1.165, 1.54) is 25.3 Å². The van der Waals surface area contributed by atoms with Crippen molar-refractivity contribution in [1.29, 1.82) is 0 Å². The van der Waals surface area contributed by atoms with Crippen molar-refractivity contribution in [2.45, 2.75) is 6.54 Å². The lowest BCUT2D eigenvalue weighted by Crippen LogP contribution is -2.02. The van der Waals surface area contributed by atoms with Gasteiger partial charge in [-0.2, -0.15) is 0 Å². The number of benzene rings is 2. The number of halogens is 3. The molecule has 2 aromatic carbocycles. The number of phenols is 1. The van der Waals surface area contributed by atoms with Gasteiger partial charge in [0.2, 0.25) is 0 Å². The molecule has 2 aromatic rings. The highest BCUT2D eigenvalue weighted by atomic mass is 35.5. The van der Waals surface area contributed by atoms with E-state index in [1.807, 2.05) is 0 Å². The molecule has 0 bridgehead atoms. The zero-order valence-electron chi connectivity index (χ0n) is 10.6. The summed E-state index contributed by atoms with van der Waals surface area (Å²) in [5.41, 5.74) is 1.03. The van der Waals surface area contributed by atoms with Crippen LogP contribution in [0, 0.1) is 5.82 Å². The van der Waals surface area contributed by atoms with Gasteiger partial charge in [0.1, 0.15) is 17.3 Å². The van der Waals surface area contributed by atoms with Crippen LogP contribution in [0.5, 0.6) is 11.5 Å². The Bertz CT molecular complexity index is 612. The second kappa shape index (κ2) is 6.20. The predicted octanol–water partition coefficient (Wildman–Crippen LogP) is 4.46. The molecule has 0 heterocycles. The number of phenolic OH excluding ortho intramolecular Hbond substituents is 1. The fourth-order valence-electron chi connectivity index (χ4n) is 1.73. The molecule has 0 fully saturated rings. The number of nitrogens with one attached hydrogen (secondary N) is 1.